The molecule has 21 heavy (non-hydrogen) atoms. The number of aryl methyl sites for hydroxylation is 1. The van der Waals surface area contributed by atoms with Crippen molar-refractivity contribution in [1.29, 1.82) is 0 Å². The van der Waals surface area contributed by atoms with Gasteiger partial charge in [-0.05, 0) is 50.3 Å². The van der Waals surface area contributed by atoms with Crippen molar-refractivity contribution >= 4 is 11.3 Å². The van der Waals surface area contributed by atoms with E-state index in [4.69, 9.17) is 0 Å². The van der Waals surface area contributed by atoms with E-state index in [1.54, 1.807) is 11.3 Å². The minimum absolute atomic E-state index is 0.604. The molecular weight excluding hydrogens is 276 g/mol. The summed E-state index contributed by atoms with van der Waals surface area (Å²) in [4.78, 5) is 4.63. The number of hydrogen-bond acceptors (Lipinski definition) is 3. The predicted octanol–water partition coefficient (Wildman–Crippen LogP) is 4.10. The first-order valence-corrected chi connectivity index (χ1v) is 8.67. The third-order valence-corrected chi connectivity index (χ3v) is 4.34. The number of benzene rings is 1. The van der Waals surface area contributed by atoms with Crippen LogP contribution in [0.1, 0.15) is 30.1 Å². The van der Waals surface area contributed by atoms with Gasteiger partial charge in [-0.1, -0.05) is 44.2 Å². The van der Waals surface area contributed by atoms with Crippen LogP contribution in [0, 0.1) is 18.8 Å². The van der Waals surface area contributed by atoms with Gasteiger partial charge in [0.1, 0.15) is 0 Å². The molecule has 0 spiro atoms. The van der Waals surface area contributed by atoms with Crippen molar-refractivity contribution in [3.8, 4) is 0 Å². The van der Waals surface area contributed by atoms with E-state index in [0.717, 1.165) is 25.9 Å². The van der Waals surface area contributed by atoms with E-state index >= 15 is 0 Å². The smallest absolute Gasteiger partial charge is 0.0897 e. The molecule has 1 heterocycles. The Hall–Kier alpha value is -1.19. The maximum Gasteiger partial charge on any atom is 0.0897 e. The highest BCUT2D eigenvalue weighted by Crippen LogP contribution is 2.16. The molecule has 0 aliphatic heterocycles. The second-order valence-electron chi connectivity index (χ2n) is 6.17. The summed E-state index contributed by atoms with van der Waals surface area (Å²) in [6.07, 6.45) is 2.17. The molecule has 0 amide bonds. The normalized spacial score (nSPS) is 12.8. The van der Waals surface area contributed by atoms with Gasteiger partial charge in [0, 0.05) is 5.38 Å². The van der Waals surface area contributed by atoms with Crippen molar-refractivity contribution in [3.63, 3.8) is 0 Å². The number of hydrogen-bond donors (Lipinski definition) is 1. The highest BCUT2D eigenvalue weighted by atomic mass is 32.1. The van der Waals surface area contributed by atoms with Gasteiger partial charge in [0.25, 0.3) is 0 Å². The number of nitrogens with zero attached hydrogens (tertiary/aromatic N) is 1. The maximum absolute atomic E-state index is 4.63. The Bertz CT molecular complexity index is 519. The molecule has 1 atom stereocenters. The zero-order chi connectivity index (χ0) is 15.1. The first-order chi connectivity index (χ1) is 10.1. The quantitative estimate of drug-likeness (QED) is 0.794. The summed E-state index contributed by atoms with van der Waals surface area (Å²) in [6, 6.07) is 10.8. The molecule has 114 valence electrons. The number of thiazole rings is 1. The van der Waals surface area contributed by atoms with Crippen LogP contribution in [0.2, 0.25) is 0 Å². The van der Waals surface area contributed by atoms with Crippen LogP contribution >= 0.6 is 11.3 Å². The monoisotopic (exact) mass is 302 g/mol. The van der Waals surface area contributed by atoms with E-state index in [-0.39, 0.29) is 0 Å². The second-order valence-corrected chi connectivity index (χ2v) is 7.23. The minimum Gasteiger partial charge on any atom is -0.316 e. The van der Waals surface area contributed by atoms with Crippen LogP contribution in [0.25, 0.3) is 0 Å². The highest BCUT2D eigenvalue weighted by molar-refractivity contribution is 7.09. The van der Waals surface area contributed by atoms with Crippen molar-refractivity contribution in [3.05, 3.63) is 52.0 Å². The van der Waals surface area contributed by atoms with Gasteiger partial charge < -0.3 is 5.32 Å². The average molecular weight is 302 g/mol. The molecule has 0 aliphatic rings. The van der Waals surface area contributed by atoms with Crippen molar-refractivity contribution in [2.24, 2.45) is 11.8 Å². The summed E-state index contributed by atoms with van der Waals surface area (Å²) in [7, 11) is 0. The van der Waals surface area contributed by atoms with Crippen LogP contribution in [0.4, 0.5) is 0 Å². The molecule has 1 aromatic carbocycles. The molecule has 0 fully saturated rings. The lowest BCUT2D eigenvalue weighted by Crippen LogP contribution is -2.28. The molecule has 2 aromatic rings. The van der Waals surface area contributed by atoms with Crippen LogP contribution < -0.4 is 5.32 Å². The Morgan fingerprint density at radius 3 is 2.48 bits per heavy atom. The fourth-order valence-corrected chi connectivity index (χ4v) is 3.16. The topological polar surface area (TPSA) is 24.9 Å². The van der Waals surface area contributed by atoms with Gasteiger partial charge in [0.2, 0.25) is 0 Å². The molecule has 1 aromatic heterocycles. The van der Waals surface area contributed by atoms with E-state index in [2.05, 4.69) is 66.8 Å². The lowest BCUT2D eigenvalue weighted by atomic mass is 9.95. The molecule has 0 saturated heterocycles. The maximum atomic E-state index is 4.63. The summed E-state index contributed by atoms with van der Waals surface area (Å²) in [5.41, 5.74) is 2.66. The van der Waals surface area contributed by atoms with Crippen molar-refractivity contribution in [2.45, 2.75) is 33.6 Å². The van der Waals surface area contributed by atoms with E-state index < -0.39 is 0 Å². The molecule has 0 radical (unpaired) electrons. The predicted molar refractivity (Wildman–Crippen MR) is 91.9 cm³/mol. The van der Waals surface area contributed by atoms with Gasteiger partial charge in [-0.15, -0.1) is 11.3 Å². The molecule has 1 unspecified atom stereocenters. The third kappa shape index (κ3) is 5.98. The summed E-state index contributed by atoms with van der Waals surface area (Å²) < 4.78 is 0. The van der Waals surface area contributed by atoms with E-state index in [1.165, 1.54) is 16.3 Å². The van der Waals surface area contributed by atoms with Gasteiger partial charge in [0.15, 0.2) is 0 Å². The first kappa shape index (κ1) is 16.2. The van der Waals surface area contributed by atoms with Crippen molar-refractivity contribution in [1.82, 2.24) is 10.3 Å². The van der Waals surface area contributed by atoms with Gasteiger partial charge >= 0.3 is 0 Å². The Morgan fingerprint density at radius 1 is 1.10 bits per heavy atom. The molecule has 1 N–H and O–H groups in total. The van der Waals surface area contributed by atoms with Crippen LogP contribution in [-0.4, -0.2) is 18.1 Å². The van der Waals surface area contributed by atoms with Gasteiger partial charge in [0.05, 0.1) is 10.7 Å². The molecule has 3 heteroatoms. The third-order valence-electron chi connectivity index (χ3n) is 3.52. The molecule has 0 saturated carbocycles. The van der Waals surface area contributed by atoms with Gasteiger partial charge in [-0.25, -0.2) is 4.98 Å². The van der Waals surface area contributed by atoms with Crippen LogP contribution in [0.15, 0.2) is 35.7 Å². The van der Waals surface area contributed by atoms with E-state index in [1.807, 2.05) is 0 Å². The standard InChI is InChI=1S/C18H26N2S/c1-14(2)11-19-12-17(9-16-7-5-4-6-8-16)10-18-13-21-15(3)20-18/h4-8,13-14,17,19H,9-12H2,1-3H3. The highest BCUT2D eigenvalue weighted by Gasteiger charge is 2.12. The molecule has 2 rings (SSSR count). The number of nitrogens with one attached hydrogen (secondary N) is 1. The largest absolute Gasteiger partial charge is 0.316 e. The number of aromatic nitrogens is 1. The molecule has 0 aliphatic carbocycles. The fraction of sp³-hybridized carbons (Fsp3) is 0.500. The summed E-state index contributed by atoms with van der Waals surface area (Å²) >= 11 is 1.75. The van der Waals surface area contributed by atoms with Gasteiger partial charge in [-0.2, -0.15) is 0 Å². The summed E-state index contributed by atoms with van der Waals surface area (Å²) in [5.74, 6) is 1.30. The van der Waals surface area contributed by atoms with E-state index in [0.29, 0.717) is 11.8 Å². The Kier molecular flexibility index (Phi) is 6.40. The van der Waals surface area contributed by atoms with Crippen LogP contribution in [-0.2, 0) is 12.8 Å². The molecule has 2 nitrogen and oxygen atoms in total. The Morgan fingerprint density at radius 2 is 1.86 bits per heavy atom. The summed E-state index contributed by atoms with van der Waals surface area (Å²) in [5, 5.41) is 6.98. The average Bonchev–Trinajstić information content (AvgIpc) is 2.85. The zero-order valence-corrected chi connectivity index (χ0v) is 14.1. The second kappa shape index (κ2) is 8.30. The molecular formula is C18H26N2S. The lowest BCUT2D eigenvalue weighted by Gasteiger charge is -2.18. The SMILES string of the molecule is Cc1nc(CC(CNCC(C)C)Cc2ccccc2)cs1. The molecule has 0 bridgehead atoms. The van der Waals surface area contributed by atoms with Crippen LogP contribution in [0.5, 0.6) is 0 Å². The Labute approximate surface area is 132 Å². The van der Waals surface area contributed by atoms with E-state index in [9.17, 15) is 0 Å². The minimum atomic E-state index is 0.604. The Balaban J connectivity index is 1.95. The first-order valence-electron chi connectivity index (χ1n) is 7.79. The number of rotatable bonds is 8. The zero-order valence-electron chi connectivity index (χ0n) is 13.3. The van der Waals surface area contributed by atoms with Crippen LogP contribution in [0.3, 0.4) is 0 Å². The van der Waals surface area contributed by atoms with Crippen molar-refractivity contribution in [2.75, 3.05) is 13.1 Å². The summed E-state index contributed by atoms with van der Waals surface area (Å²) in [6.45, 7) is 8.73. The lowest BCUT2D eigenvalue weighted by molar-refractivity contribution is 0.443. The van der Waals surface area contributed by atoms with Gasteiger partial charge in [-0.3, -0.25) is 0 Å². The van der Waals surface area contributed by atoms with Crippen molar-refractivity contribution < 1.29 is 0 Å². The fourth-order valence-electron chi connectivity index (χ4n) is 2.54.